The third-order valence-electron chi connectivity index (χ3n) is 1.41. The van der Waals surface area contributed by atoms with E-state index in [4.69, 9.17) is 23.0 Å². The van der Waals surface area contributed by atoms with Gasteiger partial charge in [0.2, 0.25) is 0 Å². The zero-order chi connectivity index (χ0) is 8.91. The molecule has 0 heterocycles. The lowest BCUT2D eigenvalue weighted by molar-refractivity contribution is -0.141. The number of halogens is 1. The van der Waals surface area contributed by atoms with Gasteiger partial charge in [0.1, 0.15) is 0 Å². The Labute approximate surface area is 77.7 Å². The topological polar surface area (TPSA) is 89.3 Å². The molecule has 12 heavy (non-hydrogen) atoms. The van der Waals surface area contributed by atoms with Gasteiger partial charge in [-0.25, -0.2) is 4.79 Å². The maximum atomic E-state index is 10.4. The minimum atomic E-state index is -1.54. The zero-order valence-corrected chi connectivity index (χ0v) is 7.43. The predicted molar refractivity (Wildman–Crippen MR) is 48.9 cm³/mol. The summed E-state index contributed by atoms with van der Waals surface area (Å²) >= 11 is 0. The Balaban J connectivity index is 0. The maximum absolute atomic E-state index is 10.4. The van der Waals surface area contributed by atoms with E-state index in [0.717, 1.165) is 0 Å². The third-order valence-corrected chi connectivity index (χ3v) is 1.41. The van der Waals surface area contributed by atoms with Gasteiger partial charge in [-0.15, -0.1) is 18.8 Å². The molecule has 0 aliphatic carbocycles. The highest BCUT2D eigenvalue weighted by molar-refractivity contribution is 5.85. The Morgan fingerprint density at radius 1 is 1.67 bits per heavy atom. The van der Waals surface area contributed by atoms with Crippen molar-refractivity contribution in [3.05, 3.63) is 0 Å². The molecular weight excluding hydrogens is 180 g/mol. The Hall–Kier alpha value is -0.760. The van der Waals surface area contributed by atoms with Gasteiger partial charge in [0.05, 0.1) is 0 Å². The van der Waals surface area contributed by atoms with Crippen LogP contribution in [0.5, 0.6) is 0 Å². The summed E-state index contributed by atoms with van der Waals surface area (Å²) in [5.74, 6) is 0.863. The van der Waals surface area contributed by atoms with E-state index in [-0.39, 0.29) is 18.8 Å². The summed E-state index contributed by atoms with van der Waals surface area (Å²) in [6.45, 7) is 0.397. The second-order valence-corrected chi connectivity index (χ2v) is 2.31. The molecule has 0 saturated carbocycles. The number of aliphatic carboxylic acids is 1. The summed E-state index contributed by atoms with van der Waals surface area (Å²) < 4.78 is 0. The van der Waals surface area contributed by atoms with Crippen LogP contribution in [0.3, 0.4) is 0 Å². The van der Waals surface area contributed by atoms with E-state index in [1.165, 1.54) is 0 Å². The number of carboxylic acids is 1. The van der Waals surface area contributed by atoms with Crippen LogP contribution in [-0.2, 0) is 4.79 Å². The van der Waals surface area contributed by atoms with E-state index in [1.54, 1.807) is 0 Å². The fourth-order valence-electron chi connectivity index (χ4n) is 0.622. The SMILES string of the molecule is C#CC(N)(CCCN)C(=O)O.Cl. The van der Waals surface area contributed by atoms with Gasteiger partial charge in [-0.3, -0.25) is 0 Å². The smallest absolute Gasteiger partial charge is 0.336 e. The number of carbonyl (C=O) groups is 1. The highest BCUT2D eigenvalue weighted by Crippen LogP contribution is 2.07. The third kappa shape index (κ3) is 3.58. The summed E-state index contributed by atoms with van der Waals surface area (Å²) in [7, 11) is 0. The van der Waals surface area contributed by atoms with Crippen LogP contribution in [0, 0.1) is 12.3 Å². The lowest BCUT2D eigenvalue weighted by Gasteiger charge is -2.16. The summed E-state index contributed by atoms with van der Waals surface area (Å²) in [5, 5.41) is 8.55. The number of rotatable bonds is 4. The van der Waals surface area contributed by atoms with E-state index in [2.05, 4.69) is 0 Å². The van der Waals surface area contributed by atoms with Crippen LogP contribution in [0.15, 0.2) is 0 Å². The van der Waals surface area contributed by atoms with E-state index < -0.39 is 11.5 Å². The molecular formula is C7H13ClN2O2. The van der Waals surface area contributed by atoms with Gasteiger partial charge in [-0.1, -0.05) is 5.92 Å². The zero-order valence-electron chi connectivity index (χ0n) is 6.62. The van der Waals surface area contributed by atoms with Crippen LogP contribution >= 0.6 is 12.4 Å². The number of hydrogen-bond acceptors (Lipinski definition) is 3. The van der Waals surface area contributed by atoms with Gasteiger partial charge >= 0.3 is 5.97 Å². The molecule has 0 aliphatic rings. The number of hydrogen-bond donors (Lipinski definition) is 3. The largest absolute Gasteiger partial charge is 0.479 e. The van der Waals surface area contributed by atoms with Crippen molar-refractivity contribution in [3.63, 3.8) is 0 Å². The van der Waals surface area contributed by atoms with Crippen molar-refractivity contribution in [1.29, 1.82) is 0 Å². The average Bonchev–Trinajstić information content (AvgIpc) is 2.00. The first-order valence-electron chi connectivity index (χ1n) is 3.27. The van der Waals surface area contributed by atoms with Crippen LogP contribution in [0.1, 0.15) is 12.8 Å². The highest BCUT2D eigenvalue weighted by Gasteiger charge is 2.30. The molecule has 1 atom stereocenters. The van der Waals surface area contributed by atoms with Gasteiger partial charge < -0.3 is 16.6 Å². The van der Waals surface area contributed by atoms with Crippen LogP contribution in [0.4, 0.5) is 0 Å². The number of nitrogens with two attached hydrogens (primary N) is 2. The normalized spacial score (nSPS) is 13.8. The van der Waals surface area contributed by atoms with Crippen LogP contribution in [0.25, 0.3) is 0 Å². The van der Waals surface area contributed by atoms with Crippen molar-refractivity contribution < 1.29 is 9.90 Å². The molecule has 70 valence electrons. The van der Waals surface area contributed by atoms with Crippen LogP contribution < -0.4 is 11.5 Å². The summed E-state index contributed by atoms with van der Waals surface area (Å²) in [5.41, 5.74) is 8.97. The van der Waals surface area contributed by atoms with E-state index in [0.29, 0.717) is 13.0 Å². The van der Waals surface area contributed by atoms with E-state index >= 15 is 0 Å². The maximum Gasteiger partial charge on any atom is 0.336 e. The van der Waals surface area contributed by atoms with Gasteiger partial charge in [0, 0.05) is 0 Å². The number of terminal acetylenes is 1. The molecule has 0 spiro atoms. The first-order valence-corrected chi connectivity index (χ1v) is 3.27. The highest BCUT2D eigenvalue weighted by atomic mass is 35.5. The second-order valence-electron chi connectivity index (χ2n) is 2.31. The average molecular weight is 193 g/mol. The minimum Gasteiger partial charge on any atom is -0.479 e. The molecule has 5 N–H and O–H groups in total. The fraction of sp³-hybridized carbons (Fsp3) is 0.571. The molecule has 5 heteroatoms. The Morgan fingerprint density at radius 2 is 2.17 bits per heavy atom. The van der Waals surface area contributed by atoms with Gasteiger partial charge in [-0.05, 0) is 19.4 Å². The van der Waals surface area contributed by atoms with Crippen molar-refractivity contribution in [2.75, 3.05) is 6.54 Å². The van der Waals surface area contributed by atoms with Crippen molar-refractivity contribution in [2.45, 2.75) is 18.4 Å². The van der Waals surface area contributed by atoms with Crippen LogP contribution in [0.2, 0.25) is 0 Å². The standard InChI is InChI=1S/C7H12N2O2.ClH/c1-2-7(9,6(10)11)4-3-5-8;/h1H,3-5,8-9H2,(H,10,11);1H. The molecule has 4 nitrogen and oxygen atoms in total. The molecule has 0 aromatic heterocycles. The van der Waals surface area contributed by atoms with Gasteiger partial charge in [0.15, 0.2) is 5.54 Å². The molecule has 0 radical (unpaired) electrons. The predicted octanol–water partition coefficient (Wildman–Crippen LogP) is -0.438. The second kappa shape index (κ2) is 5.84. The monoisotopic (exact) mass is 192 g/mol. The van der Waals surface area contributed by atoms with Crippen molar-refractivity contribution >= 4 is 18.4 Å². The Bertz CT molecular complexity index is 190. The Morgan fingerprint density at radius 3 is 2.42 bits per heavy atom. The van der Waals surface area contributed by atoms with Gasteiger partial charge in [0.25, 0.3) is 0 Å². The first-order chi connectivity index (χ1) is 5.06. The summed E-state index contributed by atoms with van der Waals surface area (Å²) in [4.78, 5) is 10.4. The number of carboxylic acid groups (broad SMARTS) is 1. The molecule has 0 saturated heterocycles. The first kappa shape index (κ1) is 13.8. The fourth-order valence-corrected chi connectivity index (χ4v) is 0.622. The van der Waals surface area contributed by atoms with Crippen molar-refractivity contribution in [2.24, 2.45) is 11.5 Å². The molecule has 0 fully saturated rings. The summed E-state index contributed by atoms with van der Waals surface area (Å²) in [6, 6.07) is 0. The quantitative estimate of drug-likeness (QED) is 0.527. The lowest BCUT2D eigenvalue weighted by Crippen LogP contribution is -2.46. The van der Waals surface area contributed by atoms with Crippen molar-refractivity contribution in [3.8, 4) is 12.3 Å². The van der Waals surface area contributed by atoms with E-state index in [1.807, 2.05) is 5.92 Å². The van der Waals surface area contributed by atoms with E-state index in [9.17, 15) is 4.79 Å². The molecule has 0 rings (SSSR count). The van der Waals surface area contributed by atoms with Crippen molar-refractivity contribution in [1.82, 2.24) is 0 Å². The molecule has 0 amide bonds. The molecule has 1 unspecified atom stereocenters. The van der Waals surface area contributed by atoms with Crippen LogP contribution in [-0.4, -0.2) is 23.2 Å². The molecule has 0 aromatic rings. The molecule has 0 aliphatic heterocycles. The molecule has 0 bridgehead atoms. The molecule has 0 aromatic carbocycles. The Kier molecular flexibility index (Phi) is 6.71. The summed E-state index contributed by atoms with van der Waals surface area (Å²) in [6.07, 6.45) is 5.69. The minimum absolute atomic E-state index is 0. The van der Waals surface area contributed by atoms with Gasteiger partial charge in [-0.2, -0.15) is 0 Å². The lowest BCUT2D eigenvalue weighted by atomic mass is 9.96.